The summed E-state index contributed by atoms with van der Waals surface area (Å²) in [6, 6.07) is 13.3. The molecule has 3 fully saturated rings. The van der Waals surface area contributed by atoms with Gasteiger partial charge in [-0.15, -0.1) is 0 Å². The summed E-state index contributed by atoms with van der Waals surface area (Å²) < 4.78 is 6.60. The number of likely N-dealkylation sites (tertiary alicyclic amines) is 1. The number of amides is 1. The number of ether oxygens (including phenoxy) is 1. The highest BCUT2D eigenvalue weighted by atomic mass is 16.5. The molecule has 7 heteroatoms. The van der Waals surface area contributed by atoms with E-state index in [-0.39, 0.29) is 29.8 Å². The summed E-state index contributed by atoms with van der Waals surface area (Å²) in [6.45, 7) is 2.85. The van der Waals surface area contributed by atoms with Gasteiger partial charge in [-0.3, -0.25) is 9.69 Å². The maximum absolute atomic E-state index is 13.5. The van der Waals surface area contributed by atoms with E-state index in [1.54, 1.807) is 24.1 Å². The first kappa shape index (κ1) is 24.7. The second-order valence-corrected chi connectivity index (χ2v) is 12.4. The van der Waals surface area contributed by atoms with Crippen LogP contribution >= 0.6 is 0 Å². The minimum Gasteiger partial charge on any atom is -0.504 e. The van der Waals surface area contributed by atoms with Crippen LogP contribution in [-0.2, 0) is 16.6 Å². The Balaban J connectivity index is 1.29. The van der Waals surface area contributed by atoms with Gasteiger partial charge in [0.15, 0.2) is 11.5 Å². The summed E-state index contributed by atoms with van der Waals surface area (Å²) in [6.07, 6.45) is 7.37. The third-order valence-corrected chi connectivity index (χ3v) is 10.2. The van der Waals surface area contributed by atoms with Crippen molar-refractivity contribution in [3.63, 3.8) is 0 Å². The van der Waals surface area contributed by atoms with E-state index in [0.717, 1.165) is 28.8 Å². The molecule has 1 saturated heterocycles. The van der Waals surface area contributed by atoms with E-state index in [1.165, 1.54) is 12.8 Å². The smallest absolute Gasteiger partial charge is 0.246 e. The molecule has 2 saturated carbocycles. The fourth-order valence-electron chi connectivity index (χ4n) is 8.23. The number of nitriles is 1. The van der Waals surface area contributed by atoms with Gasteiger partial charge in [0.2, 0.25) is 5.91 Å². The number of aliphatic hydroxyl groups is 1. The Morgan fingerprint density at radius 2 is 2.10 bits per heavy atom. The second-order valence-electron chi connectivity index (χ2n) is 12.4. The van der Waals surface area contributed by atoms with Gasteiger partial charge in [-0.1, -0.05) is 35.9 Å². The van der Waals surface area contributed by atoms with Crippen molar-refractivity contribution in [2.75, 3.05) is 13.6 Å². The molecule has 1 unspecified atom stereocenters. The van der Waals surface area contributed by atoms with Crippen molar-refractivity contribution in [3.8, 4) is 17.6 Å². The molecule has 1 amide bonds. The third-order valence-electron chi connectivity index (χ3n) is 10.2. The quantitative estimate of drug-likeness (QED) is 0.578. The Morgan fingerprint density at radius 3 is 2.85 bits per heavy atom. The Hall–Kier alpha value is -3.34. The fraction of sp³-hybridized carbons (Fsp3) is 0.500. The third kappa shape index (κ3) is 3.44. The number of piperidine rings is 1. The van der Waals surface area contributed by atoms with E-state index in [0.29, 0.717) is 37.4 Å². The normalized spacial score (nSPS) is 34.3. The number of aromatic hydroxyl groups is 1. The van der Waals surface area contributed by atoms with Crippen molar-refractivity contribution in [1.29, 1.82) is 5.26 Å². The molecule has 39 heavy (non-hydrogen) atoms. The number of rotatable bonds is 5. The first-order valence-electron chi connectivity index (χ1n) is 14.2. The van der Waals surface area contributed by atoms with Crippen LogP contribution < -0.4 is 4.74 Å². The van der Waals surface area contributed by atoms with Crippen molar-refractivity contribution >= 4 is 12.0 Å². The molecular weight excluding hydrogens is 490 g/mol. The first-order valence-corrected chi connectivity index (χ1v) is 14.2. The summed E-state index contributed by atoms with van der Waals surface area (Å²) in [7, 11) is 1.80. The molecule has 0 radical (unpaired) electrons. The summed E-state index contributed by atoms with van der Waals surface area (Å²) in [5.41, 5.74) is 2.05. The van der Waals surface area contributed by atoms with Crippen molar-refractivity contribution in [3.05, 3.63) is 64.7 Å². The molecular formula is C32H35N3O4. The topological polar surface area (TPSA) is 97.0 Å². The first-order chi connectivity index (χ1) is 18.8. The average molecular weight is 526 g/mol. The maximum Gasteiger partial charge on any atom is 0.246 e. The number of hydrogen-bond acceptors (Lipinski definition) is 6. The lowest BCUT2D eigenvalue weighted by Crippen LogP contribution is -2.79. The molecule has 2 aromatic rings. The molecule has 2 bridgehead atoms. The predicted molar refractivity (Wildman–Crippen MR) is 146 cm³/mol. The maximum atomic E-state index is 13.5. The van der Waals surface area contributed by atoms with Gasteiger partial charge in [0.1, 0.15) is 6.10 Å². The average Bonchev–Trinajstić information content (AvgIpc) is 3.67. The molecule has 2 aromatic carbocycles. The highest BCUT2D eigenvalue weighted by Crippen LogP contribution is 2.66. The highest BCUT2D eigenvalue weighted by Gasteiger charge is 2.75. The molecule has 2 N–H and O–H groups in total. The fourth-order valence-corrected chi connectivity index (χ4v) is 8.23. The number of carbonyl (C=O) groups is 1. The summed E-state index contributed by atoms with van der Waals surface area (Å²) in [5.74, 6) is 0.929. The van der Waals surface area contributed by atoms with E-state index in [2.05, 4.69) is 11.0 Å². The minimum atomic E-state index is -1.11. The molecule has 6 atom stereocenters. The molecule has 7 rings (SSSR count). The molecule has 3 aliphatic carbocycles. The second kappa shape index (κ2) is 8.58. The standard InChI is InChI=1S/C32H35N3O4/c1-19-4-3-5-20(14-19)8-11-27(37)34(2)24-12-13-32(38)26-15-22-9-10-25(36)29-28(22)31(32,30(24)39-29)16-23(17-33)35(26)18-21-6-7-21/h3-5,8-11,14,21,23-24,26,30,36,38H,6-7,12-13,15-16,18H2,1-2H3/t23?,24-,26-,30+,31+,32-/m1/s1. The summed E-state index contributed by atoms with van der Waals surface area (Å²) in [4.78, 5) is 17.5. The van der Waals surface area contributed by atoms with E-state index in [9.17, 15) is 20.3 Å². The lowest BCUT2D eigenvalue weighted by atomic mass is 9.47. The van der Waals surface area contributed by atoms with Crippen molar-refractivity contribution in [2.24, 2.45) is 5.92 Å². The zero-order chi connectivity index (χ0) is 27.1. The van der Waals surface area contributed by atoms with Crippen LogP contribution in [0, 0.1) is 24.2 Å². The summed E-state index contributed by atoms with van der Waals surface area (Å²) >= 11 is 0. The highest BCUT2D eigenvalue weighted by molar-refractivity contribution is 5.92. The van der Waals surface area contributed by atoms with Crippen LogP contribution in [0.4, 0.5) is 0 Å². The predicted octanol–water partition coefficient (Wildman–Crippen LogP) is 3.70. The Kier molecular flexibility index (Phi) is 5.43. The zero-order valence-electron chi connectivity index (χ0n) is 22.5. The van der Waals surface area contributed by atoms with Gasteiger partial charge in [-0.2, -0.15) is 5.26 Å². The molecule has 0 aromatic heterocycles. The molecule has 2 aliphatic heterocycles. The summed E-state index contributed by atoms with van der Waals surface area (Å²) in [5, 5.41) is 33.9. The van der Waals surface area contributed by atoms with Gasteiger partial charge < -0.3 is 19.8 Å². The van der Waals surface area contributed by atoms with Crippen LogP contribution in [0.5, 0.6) is 11.5 Å². The van der Waals surface area contributed by atoms with Gasteiger partial charge in [0.25, 0.3) is 0 Å². The van der Waals surface area contributed by atoms with Crippen LogP contribution in [0.1, 0.15) is 54.4 Å². The lowest BCUT2D eigenvalue weighted by Gasteiger charge is -2.65. The Labute approximate surface area is 229 Å². The minimum absolute atomic E-state index is 0.0549. The van der Waals surface area contributed by atoms with Gasteiger partial charge in [0.05, 0.1) is 29.2 Å². The molecule has 1 spiro atoms. The number of likely N-dealkylation sites (N-methyl/N-ethyl adjacent to an activating group) is 1. The van der Waals surface area contributed by atoms with Crippen LogP contribution in [0.25, 0.3) is 6.08 Å². The number of carbonyl (C=O) groups excluding carboxylic acids is 1. The number of benzene rings is 2. The van der Waals surface area contributed by atoms with Crippen LogP contribution in [0.3, 0.4) is 0 Å². The molecule has 2 heterocycles. The van der Waals surface area contributed by atoms with Crippen LogP contribution in [-0.4, -0.2) is 69.3 Å². The van der Waals surface area contributed by atoms with Gasteiger partial charge in [0, 0.05) is 31.3 Å². The van der Waals surface area contributed by atoms with Gasteiger partial charge >= 0.3 is 0 Å². The molecule has 5 aliphatic rings. The molecule has 202 valence electrons. The Morgan fingerprint density at radius 1 is 1.28 bits per heavy atom. The van der Waals surface area contributed by atoms with Gasteiger partial charge in [-0.05, 0) is 74.6 Å². The van der Waals surface area contributed by atoms with E-state index in [1.807, 2.05) is 43.3 Å². The Bertz CT molecular complexity index is 1430. The SMILES string of the molecule is Cc1cccc(C=CC(=O)N(C)[C@@H]2CC[C@@]3(O)[C@H]4Cc5ccc(O)c6c5[C@@]3(CC(C#N)N4CC3CC3)[C@H]2O6)c1. The van der Waals surface area contributed by atoms with Crippen molar-refractivity contribution in [1.82, 2.24) is 9.80 Å². The number of hydrogen-bond donors (Lipinski definition) is 2. The molecule has 7 nitrogen and oxygen atoms in total. The largest absolute Gasteiger partial charge is 0.504 e. The number of phenolic OH excluding ortho intramolecular Hbond substituents is 1. The van der Waals surface area contributed by atoms with E-state index >= 15 is 0 Å². The zero-order valence-corrected chi connectivity index (χ0v) is 22.5. The van der Waals surface area contributed by atoms with E-state index < -0.39 is 17.1 Å². The van der Waals surface area contributed by atoms with Crippen LogP contribution in [0.15, 0.2) is 42.5 Å². The van der Waals surface area contributed by atoms with Gasteiger partial charge in [-0.25, -0.2) is 0 Å². The van der Waals surface area contributed by atoms with Crippen LogP contribution in [0.2, 0.25) is 0 Å². The number of aryl methyl sites for hydroxylation is 1. The van der Waals surface area contributed by atoms with E-state index in [4.69, 9.17) is 4.74 Å². The van der Waals surface area contributed by atoms with Crippen molar-refractivity contribution < 1.29 is 19.7 Å². The number of nitrogens with zero attached hydrogens (tertiary/aromatic N) is 3. The lowest BCUT2D eigenvalue weighted by molar-refractivity contribution is -0.207. The van der Waals surface area contributed by atoms with Crippen molar-refractivity contribution in [2.45, 2.75) is 80.7 Å². The monoisotopic (exact) mass is 525 g/mol. The number of phenols is 1.